The molecule has 35 heavy (non-hydrogen) atoms. The minimum absolute atomic E-state index is 0.935. The monoisotopic (exact) mass is 464 g/mol. The fourth-order valence-corrected chi connectivity index (χ4v) is 4.45. The van der Waals surface area contributed by atoms with Crippen molar-refractivity contribution in [3.63, 3.8) is 0 Å². The van der Waals surface area contributed by atoms with Crippen molar-refractivity contribution in [2.24, 2.45) is 0 Å². The van der Waals surface area contributed by atoms with Gasteiger partial charge in [-0.2, -0.15) is 5.10 Å². The zero-order valence-corrected chi connectivity index (χ0v) is 21.4. The first-order chi connectivity index (χ1) is 17.2. The van der Waals surface area contributed by atoms with Gasteiger partial charge in [-0.1, -0.05) is 48.5 Å². The van der Waals surface area contributed by atoms with Gasteiger partial charge in [0, 0.05) is 43.1 Å². The maximum atomic E-state index is 4.95. The molecule has 4 heteroatoms. The molecule has 180 valence electrons. The molecule has 4 rings (SSSR count). The zero-order valence-electron chi connectivity index (χ0n) is 21.4. The Hall–Kier alpha value is -3.79. The van der Waals surface area contributed by atoms with E-state index in [1.54, 1.807) is 0 Å². The maximum absolute atomic E-state index is 4.95. The Bertz CT molecular complexity index is 1210. The topological polar surface area (TPSA) is 24.3 Å². The Balaban J connectivity index is 1.64. The van der Waals surface area contributed by atoms with Gasteiger partial charge >= 0.3 is 0 Å². The first-order valence-electron chi connectivity index (χ1n) is 12.7. The molecule has 4 nitrogen and oxygen atoms in total. The second-order valence-electron chi connectivity index (χ2n) is 8.52. The van der Waals surface area contributed by atoms with E-state index in [9.17, 15) is 0 Å². The van der Waals surface area contributed by atoms with Gasteiger partial charge in [-0.3, -0.25) is 0 Å². The van der Waals surface area contributed by atoms with Crippen molar-refractivity contribution in [1.82, 2.24) is 9.78 Å². The zero-order chi connectivity index (χ0) is 24.6. The van der Waals surface area contributed by atoms with E-state index in [1.165, 1.54) is 16.9 Å². The van der Waals surface area contributed by atoms with Gasteiger partial charge in [-0.15, -0.1) is 0 Å². The summed E-state index contributed by atoms with van der Waals surface area (Å²) in [6, 6.07) is 30.0. The molecular weight excluding hydrogens is 428 g/mol. The van der Waals surface area contributed by atoms with Crippen LogP contribution >= 0.6 is 0 Å². The largest absolute Gasteiger partial charge is 0.372 e. The van der Waals surface area contributed by atoms with Crippen molar-refractivity contribution in [3.8, 4) is 16.9 Å². The third-order valence-electron chi connectivity index (χ3n) is 6.49. The second-order valence-corrected chi connectivity index (χ2v) is 8.52. The molecule has 0 aliphatic rings. The van der Waals surface area contributed by atoms with Crippen molar-refractivity contribution >= 4 is 23.5 Å². The summed E-state index contributed by atoms with van der Waals surface area (Å²) in [4.78, 5) is 4.71. The Labute approximate surface area is 210 Å². The molecule has 1 heterocycles. The predicted octanol–water partition coefficient (Wildman–Crippen LogP) is 7.40. The highest BCUT2D eigenvalue weighted by Gasteiger charge is 2.11. The van der Waals surface area contributed by atoms with Gasteiger partial charge in [0.2, 0.25) is 0 Å². The number of aromatic nitrogens is 2. The van der Waals surface area contributed by atoms with Crippen LogP contribution in [0.4, 0.5) is 11.4 Å². The molecule has 0 amide bonds. The molecular formula is C31H36N4. The molecule has 3 aromatic carbocycles. The maximum Gasteiger partial charge on any atom is 0.0862 e. The average molecular weight is 465 g/mol. The summed E-state index contributed by atoms with van der Waals surface area (Å²) in [7, 11) is 0. The summed E-state index contributed by atoms with van der Waals surface area (Å²) in [6.07, 6.45) is 4.23. The van der Waals surface area contributed by atoms with Crippen molar-refractivity contribution in [1.29, 1.82) is 0 Å². The SMILES string of the molecule is CCN(CC)c1ccc(C=Cc2cc(-c3ccc(N(CC)CC)cc3)n(-c3ccccc3)n2)cc1. The van der Waals surface area contributed by atoms with E-state index in [2.05, 4.69) is 129 Å². The quantitative estimate of drug-likeness (QED) is 0.244. The van der Waals surface area contributed by atoms with Gasteiger partial charge in [-0.25, -0.2) is 4.68 Å². The fourth-order valence-electron chi connectivity index (χ4n) is 4.45. The molecule has 0 unspecified atom stereocenters. The lowest BCUT2D eigenvalue weighted by atomic mass is 10.1. The van der Waals surface area contributed by atoms with Gasteiger partial charge in [0.1, 0.15) is 0 Å². The number of nitrogens with zero attached hydrogens (tertiary/aromatic N) is 4. The molecule has 0 atom stereocenters. The lowest BCUT2D eigenvalue weighted by molar-refractivity contribution is 0.865. The minimum atomic E-state index is 0.935. The molecule has 0 radical (unpaired) electrons. The number of para-hydroxylation sites is 1. The van der Waals surface area contributed by atoms with Gasteiger partial charge in [0.15, 0.2) is 0 Å². The third kappa shape index (κ3) is 5.65. The van der Waals surface area contributed by atoms with Crippen molar-refractivity contribution in [2.75, 3.05) is 36.0 Å². The van der Waals surface area contributed by atoms with Crippen LogP contribution in [0.2, 0.25) is 0 Å². The fraction of sp³-hybridized carbons (Fsp3) is 0.258. The summed E-state index contributed by atoms with van der Waals surface area (Å²) in [5.74, 6) is 0. The van der Waals surface area contributed by atoms with Crippen LogP contribution < -0.4 is 9.80 Å². The van der Waals surface area contributed by atoms with E-state index < -0.39 is 0 Å². The van der Waals surface area contributed by atoms with Gasteiger partial charge < -0.3 is 9.80 Å². The number of hydrogen-bond acceptors (Lipinski definition) is 3. The molecule has 0 aliphatic carbocycles. The summed E-state index contributed by atoms with van der Waals surface area (Å²) >= 11 is 0. The Morgan fingerprint density at radius 2 is 1.20 bits per heavy atom. The first-order valence-corrected chi connectivity index (χ1v) is 12.7. The molecule has 0 saturated heterocycles. The summed E-state index contributed by atoms with van der Waals surface area (Å²) in [5.41, 5.74) is 7.90. The van der Waals surface area contributed by atoms with Crippen LogP contribution in [0.5, 0.6) is 0 Å². The van der Waals surface area contributed by atoms with Crippen LogP contribution in [0.25, 0.3) is 29.1 Å². The van der Waals surface area contributed by atoms with Crippen molar-refractivity contribution in [3.05, 3.63) is 96.2 Å². The highest BCUT2D eigenvalue weighted by Crippen LogP contribution is 2.27. The molecule has 0 spiro atoms. The Morgan fingerprint density at radius 1 is 0.657 bits per heavy atom. The summed E-state index contributed by atoms with van der Waals surface area (Å²) < 4.78 is 2.04. The third-order valence-corrected chi connectivity index (χ3v) is 6.49. The predicted molar refractivity (Wildman–Crippen MR) is 151 cm³/mol. The van der Waals surface area contributed by atoms with E-state index in [0.717, 1.165) is 48.8 Å². The normalized spacial score (nSPS) is 11.2. The van der Waals surface area contributed by atoms with E-state index in [1.807, 2.05) is 10.7 Å². The Kier molecular flexibility index (Phi) is 8.04. The summed E-state index contributed by atoms with van der Waals surface area (Å²) in [6.45, 7) is 12.8. The first kappa shape index (κ1) is 24.3. The van der Waals surface area contributed by atoms with Crippen LogP contribution in [0, 0.1) is 0 Å². The van der Waals surface area contributed by atoms with Crippen LogP contribution in [0.1, 0.15) is 39.0 Å². The average Bonchev–Trinajstić information content (AvgIpc) is 3.35. The molecule has 4 aromatic rings. The number of rotatable bonds is 10. The smallest absolute Gasteiger partial charge is 0.0862 e. The number of anilines is 2. The van der Waals surface area contributed by atoms with E-state index in [-0.39, 0.29) is 0 Å². The number of benzene rings is 3. The summed E-state index contributed by atoms with van der Waals surface area (Å²) in [5, 5.41) is 4.95. The minimum Gasteiger partial charge on any atom is -0.372 e. The molecule has 0 bridgehead atoms. The molecule has 0 aliphatic heterocycles. The highest BCUT2D eigenvalue weighted by atomic mass is 15.3. The van der Waals surface area contributed by atoms with Crippen molar-refractivity contribution in [2.45, 2.75) is 27.7 Å². The Morgan fingerprint density at radius 3 is 1.74 bits per heavy atom. The van der Waals surface area contributed by atoms with E-state index in [0.29, 0.717) is 0 Å². The molecule has 0 fully saturated rings. The number of hydrogen-bond donors (Lipinski definition) is 0. The molecule has 0 saturated carbocycles. The second kappa shape index (κ2) is 11.6. The lowest BCUT2D eigenvalue weighted by Gasteiger charge is -2.21. The van der Waals surface area contributed by atoms with Crippen LogP contribution in [-0.4, -0.2) is 36.0 Å². The standard InChI is InChI=1S/C31H36N4/c1-5-33(6-2)28-20-15-25(16-21-28)14-19-27-24-31(35(32-27)30-12-10-9-11-13-30)26-17-22-29(23-18-26)34(7-3)8-4/h9-24H,5-8H2,1-4H3. The lowest BCUT2D eigenvalue weighted by Crippen LogP contribution is -2.21. The van der Waals surface area contributed by atoms with Crippen LogP contribution in [0.3, 0.4) is 0 Å². The van der Waals surface area contributed by atoms with Gasteiger partial charge in [0.05, 0.1) is 17.1 Å². The van der Waals surface area contributed by atoms with Crippen LogP contribution in [-0.2, 0) is 0 Å². The van der Waals surface area contributed by atoms with E-state index >= 15 is 0 Å². The highest BCUT2D eigenvalue weighted by molar-refractivity contribution is 5.73. The van der Waals surface area contributed by atoms with Gasteiger partial charge in [0.25, 0.3) is 0 Å². The van der Waals surface area contributed by atoms with Crippen molar-refractivity contribution < 1.29 is 0 Å². The molecule has 1 aromatic heterocycles. The van der Waals surface area contributed by atoms with Crippen LogP contribution in [0.15, 0.2) is 84.9 Å². The van der Waals surface area contributed by atoms with Gasteiger partial charge in [-0.05, 0) is 81.8 Å². The molecule has 0 N–H and O–H groups in total. The van der Waals surface area contributed by atoms with E-state index in [4.69, 9.17) is 5.10 Å².